The molecule has 0 heterocycles. The van der Waals surface area contributed by atoms with Crippen molar-refractivity contribution in [3.05, 3.63) is 57.7 Å². The normalized spacial score (nSPS) is 10.1. The van der Waals surface area contributed by atoms with Crippen LogP contribution >= 0.6 is 22.6 Å². The molecule has 2 rings (SSSR count). The molecule has 0 unspecified atom stereocenters. The third kappa shape index (κ3) is 2.88. The first kappa shape index (κ1) is 11.3. The second-order valence-corrected chi connectivity index (χ2v) is 4.55. The van der Waals surface area contributed by atoms with Crippen LogP contribution in [0.1, 0.15) is 5.56 Å². The van der Waals surface area contributed by atoms with Crippen LogP contribution in [0.15, 0.2) is 48.5 Å². The average molecular weight is 326 g/mol. The van der Waals surface area contributed by atoms with E-state index < -0.39 is 0 Å². The highest BCUT2D eigenvalue weighted by molar-refractivity contribution is 14.1. The van der Waals surface area contributed by atoms with Gasteiger partial charge in [-0.25, -0.2) is 0 Å². The topological polar surface area (TPSA) is 29.5 Å². The molecule has 0 atom stereocenters. The quantitative estimate of drug-likeness (QED) is 0.874. The first-order valence-electron chi connectivity index (χ1n) is 4.91. The summed E-state index contributed by atoms with van der Waals surface area (Å²) in [6, 6.07) is 15.2. The highest BCUT2D eigenvalue weighted by Gasteiger charge is 2.00. The van der Waals surface area contributed by atoms with Gasteiger partial charge in [0.05, 0.1) is 3.57 Å². The van der Waals surface area contributed by atoms with Crippen molar-refractivity contribution in [2.24, 2.45) is 0 Å². The molecule has 1 N–H and O–H groups in total. The van der Waals surface area contributed by atoms with Gasteiger partial charge in [-0.3, -0.25) is 0 Å². The SMILES string of the molecule is Oc1cc(OCc2ccccc2)ccc1I. The zero-order valence-corrected chi connectivity index (χ0v) is 10.7. The van der Waals surface area contributed by atoms with Gasteiger partial charge in [0.15, 0.2) is 0 Å². The van der Waals surface area contributed by atoms with Crippen LogP contribution in [0.4, 0.5) is 0 Å². The predicted octanol–water partition coefficient (Wildman–Crippen LogP) is 3.58. The molecule has 0 aliphatic heterocycles. The molecule has 16 heavy (non-hydrogen) atoms. The zero-order chi connectivity index (χ0) is 11.4. The average Bonchev–Trinajstić information content (AvgIpc) is 2.32. The molecule has 0 aliphatic carbocycles. The molecule has 0 fully saturated rings. The van der Waals surface area contributed by atoms with Gasteiger partial charge in [-0.2, -0.15) is 0 Å². The highest BCUT2D eigenvalue weighted by Crippen LogP contribution is 2.25. The van der Waals surface area contributed by atoms with Crippen molar-refractivity contribution in [3.63, 3.8) is 0 Å². The Bertz CT molecular complexity index is 469. The molecular weight excluding hydrogens is 315 g/mol. The van der Waals surface area contributed by atoms with E-state index in [1.807, 2.05) is 42.5 Å². The van der Waals surface area contributed by atoms with Crippen molar-refractivity contribution in [2.45, 2.75) is 6.61 Å². The maximum Gasteiger partial charge on any atom is 0.132 e. The number of rotatable bonds is 3. The minimum absolute atomic E-state index is 0.256. The molecule has 0 saturated carbocycles. The summed E-state index contributed by atoms with van der Waals surface area (Å²) in [6.45, 7) is 0.515. The molecular formula is C13H11IO2. The second kappa shape index (κ2) is 5.21. The molecule has 2 aromatic carbocycles. The lowest BCUT2D eigenvalue weighted by atomic mass is 10.2. The molecule has 0 radical (unpaired) electrons. The lowest BCUT2D eigenvalue weighted by molar-refractivity contribution is 0.304. The Kier molecular flexibility index (Phi) is 3.66. The van der Waals surface area contributed by atoms with E-state index in [9.17, 15) is 5.11 Å². The number of ether oxygens (including phenoxy) is 1. The summed E-state index contributed by atoms with van der Waals surface area (Å²) >= 11 is 2.08. The largest absolute Gasteiger partial charge is 0.507 e. The maximum atomic E-state index is 9.51. The van der Waals surface area contributed by atoms with Crippen LogP contribution in [0.25, 0.3) is 0 Å². The zero-order valence-electron chi connectivity index (χ0n) is 8.56. The van der Waals surface area contributed by atoms with E-state index in [-0.39, 0.29) is 5.75 Å². The van der Waals surface area contributed by atoms with E-state index in [1.165, 1.54) is 0 Å². The van der Waals surface area contributed by atoms with Crippen molar-refractivity contribution in [3.8, 4) is 11.5 Å². The lowest BCUT2D eigenvalue weighted by Gasteiger charge is -2.07. The first-order chi connectivity index (χ1) is 7.75. The standard InChI is InChI=1S/C13H11IO2/c14-12-7-6-11(8-13(12)15)16-9-10-4-2-1-3-5-10/h1-8,15H,9H2. The van der Waals surface area contributed by atoms with Crippen LogP contribution in [-0.2, 0) is 6.61 Å². The maximum absolute atomic E-state index is 9.51. The molecule has 0 saturated heterocycles. The summed E-state index contributed by atoms with van der Waals surface area (Å²) < 4.78 is 6.39. The molecule has 0 amide bonds. The molecule has 2 nitrogen and oxygen atoms in total. The smallest absolute Gasteiger partial charge is 0.132 e. The fourth-order valence-electron chi connectivity index (χ4n) is 1.32. The number of hydrogen-bond donors (Lipinski definition) is 1. The van der Waals surface area contributed by atoms with E-state index >= 15 is 0 Å². The summed E-state index contributed by atoms with van der Waals surface area (Å²) in [7, 11) is 0. The van der Waals surface area contributed by atoms with Crippen LogP contribution < -0.4 is 4.74 Å². The number of phenols is 1. The van der Waals surface area contributed by atoms with Gasteiger partial charge in [0, 0.05) is 6.07 Å². The first-order valence-corrected chi connectivity index (χ1v) is 5.99. The summed E-state index contributed by atoms with van der Waals surface area (Å²) in [4.78, 5) is 0. The number of halogens is 1. The number of benzene rings is 2. The molecule has 3 heteroatoms. The fraction of sp³-hybridized carbons (Fsp3) is 0.0769. The summed E-state index contributed by atoms with van der Waals surface area (Å²) in [6.07, 6.45) is 0. The fourth-order valence-corrected chi connectivity index (χ4v) is 1.66. The van der Waals surface area contributed by atoms with Gasteiger partial charge in [0.2, 0.25) is 0 Å². The Balaban J connectivity index is 2.03. The van der Waals surface area contributed by atoms with Crippen LogP contribution in [0.3, 0.4) is 0 Å². The number of aromatic hydroxyl groups is 1. The third-order valence-electron chi connectivity index (χ3n) is 2.17. The van der Waals surface area contributed by atoms with E-state index in [2.05, 4.69) is 22.6 Å². The Labute approximate surface area is 108 Å². The van der Waals surface area contributed by atoms with E-state index in [4.69, 9.17) is 4.74 Å². The summed E-state index contributed by atoms with van der Waals surface area (Å²) in [5.74, 6) is 0.938. The predicted molar refractivity (Wildman–Crippen MR) is 71.6 cm³/mol. The van der Waals surface area contributed by atoms with Crippen molar-refractivity contribution < 1.29 is 9.84 Å². The van der Waals surface area contributed by atoms with Crippen molar-refractivity contribution in [2.75, 3.05) is 0 Å². The molecule has 82 valence electrons. The van der Waals surface area contributed by atoms with Gasteiger partial charge in [-0.05, 0) is 40.3 Å². The van der Waals surface area contributed by atoms with Gasteiger partial charge in [-0.15, -0.1) is 0 Å². The Morgan fingerprint density at radius 1 is 1.06 bits per heavy atom. The minimum Gasteiger partial charge on any atom is -0.507 e. The van der Waals surface area contributed by atoms with Gasteiger partial charge in [0.1, 0.15) is 18.1 Å². The van der Waals surface area contributed by atoms with Crippen molar-refractivity contribution in [1.29, 1.82) is 0 Å². The van der Waals surface area contributed by atoms with Crippen LogP contribution in [-0.4, -0.2) is 5.11 Å². The molecule has 0 spiro atoms. The Morgan fingerprint density at radius 2 is 1.81 bits per heavy atom. The number of phenolic OH excluding ortho intramolecular Hbond substituents is 1. The minimum atomic E-state index is 0.256. The van der Waals surface area contributed by atoms with Crippen molar-refractivity contribution in [1.82, 2.24) is 0 Å². The van der Waals surface area contributed by atoms with Gasteiger partial charge in [-0.1, -0.05) is 30.3 Å². The molecule has 0 aromatic heterocycles. The van der Waals surface area contributed by atoms with Crippen LogP contribution in [0.2, 0.25) is 0 Å². The summed E-state index contributed by atoms with van der Waals surface area (Å²) in [5, 5.41) is 9.51. The van der Waals surface area contributed by atoms with E-state index in [1.54, 1.807) is 6.07 Å². The van der Waals surface area contributed by atoms with Gasteiger partial charge >= 0.3 is 0 Å². The third-order valence-corrected chi connectivity index (χ3v) is 3.08. The van der Waals surface area contributed by atoms with E-state index in [0.717, 1.165) is 9.13 Å². The van der Waals surface area contributed by atoms with Crippen LogP contribution in [0.5, 0.6) is 11.5 Å². The molecule has 0 aliphatic rings. The Hall–Kier alpha value is -1.23. The Morgan fingerprint density at radius 3 is 2.50 bits per heavy atom. The lowest BCUT2D eigenvalue weighted by Crippen LogP contribution is -1.94. The van der Waals surface area contributed by atoms with E-state index in [0.29, 0.717) is 12.4 Å². The monoisotopic (exact) mass is 326 g/mol. The second-order valence-electron chi connectivity index (χ2n) is 3.39. The number of hydrogen-bond acceptors (Lipinski definition) is 2. The van der Waals surface area contributed by atoms with Gasteiger partial charge in [0.25, 0.3) is 0 Å². The van der Waals surface area contributed by atoms with Crippen molar-refractivity contribution >= 4 is 22.6 Å². The molecule has 2 aromatic rings. The van der Waals surface area contributed by atoms with Gasteiger partial charge < -0.3 is 9.84 Å². The highest BCUT2D eigenvalue weighted by atomic mass is 127. The summed E-state index contributed by atoms with van der Waals surface area (Å²) in [5.41, 5.74) is 1.11. The van der Waals surface area contributed by atoms with Crippen LogP contribution in [0, 0.1) is 3.57 Å². The molecule has 0 bridgehead atoms.